The van der Waals surface area contributed by atoms with E-state index in [0.717, 1.165) is 16.7 Å². The minimum Gasteiger partial charge on any atom is -0.0990 e. The fourth-order valence-electron chi connectivity index (χ4n) is 1.37. The van der Waals surface area contributed by atoms with Crippen LogP contribution in [0.25, 0.3) is 5.57 Å². The van der Waals surface area contributed by atoms with Crippen molar-refractivity contribution >= 4 is 5.57 Å². The van der Waals surface area contributed by atoms with Gasteiger partial charge in [0.2, 0.25) is 0 Å². The first-order valence-corrected chi connectivity index (χ1v) is 4.99. The molecule has 1 aromatic carbocycles. The van der Waals surface area contributed by atoms with Crippen molar-refractivity contribution < 1.29 is 0 Å². The van der Waals surface area contributed by atoms with E-state index in [1.54, 1.807) is 6.08 Å². The summed E-state index contributed by atoms with van der Waals surface area (Å²) in [5.74, 6) is 0. The summed E-state index contributed by atoms with van der Waals surface area (Å²) < 4.78 is 0. The van der Waals surface area contributed by atoms with Gasteiger partial charge in [-0.1, -0.05) is 67.8 Å². The molecular formula is C15H16. The molecule has 0 saturated carbocycles. The number of hydrogen-bond acceptors (Lipinski definition) is 0. The lowest BCUT2D eigenvalue weighted by molar-refractivity contribution is 1.57. The van der Waals surface area contributed by atoms with Gasteiger partial charge in [-0.2, -0.15) is 0 Å². The summed E-state index contributed by atoms with van der Waals surface area (Å²) in [5.41, 5.74) is 3.26. The second-order valence-electron chi connectivity index (χ2n) is 3.20. The third kappa shape index (κ3) is 3.10. The second-order valence-corrected chi connectivity index (χ2v) is 3.20. The first kappa shape index (κ1) is 11.3. The van der Waals surface area contributed by atoms with Gasteiger partial charge in [0.15, 0.2) is 0 Å². The molecule has 1 rings (SSSR count). The molecule has 0 bridgehead atoms. The lowest BCUT2D eigenvalue weighted by atomic mass is 9.99. The highest BCUT2D eigenvalue weighted by Crippen LogP contribution is 2.21. The first-order chi connectivity index (χ1) is 7.29. The molecule has 0 aliphatic heterocycles. The van der Waals surface area contributed by atoms with Gasteiger partial charge in [-0.15, -0.1) is 0 Å². The molecule has 0 aliphatic rings. The summed E-state index contributed by atoms with van der Waals surface area (Å²) in [6.07, 6.45) is 7.79. The molecule has 0 N–H and O–H groups in total. The van der Waals surface area contributed by atoms with Gasteiger partial charge in [0.05, 0.1) is 0 Å². The van der Waals surface area contributed by atoms with Crippen molar-refractivity contribution in [2.24, 2.45) is 0 Å². The van der Waals surface area contributed by atoms with E-state index < -0.39 is 0 Å². The van der Waals surface area contributed by atoms with Crippen LogP contribution in [0.15, 0.2) is 73.4 Å². The van der Waals surface area contributed by atoms with Gasteiger partial charge in [-0.25, -0.2) is 0 Å². The minimum absolute atomic E-state index is 1.02. The molecule has 0 heterocycles. The fourth-order valence-corrected chi connectivity index (χ4v) is 1.37. The third-order valence-electron chi connectivity index (χ3n) is 2.11. The fraction of sp³-hybridized carbons (Fsp3) is 0.0667. The molecule has 0 nitrogen and oxygen atoms in total. The van der Waals surface area contributed by atoms with Gasteiger partial charge in [0.1, 0.15) is 0 Å². The molecule has 0 spiro atoms. The Morgan fingerprint density at radius 3 is 2.40 bits per heavy atom. The Hall–Kier alpha value is -1.82. The third-order valence-corrected chi connectivity index (χ3v) is 2.11. The zero-order valence-corrected chi connectivity index (χ0v) is 9.11. The maximum absolute atomic E-state index is 4.10. The van der Waals surface area contributed by atoms with Gasteiger partial charge >= 0.3 is 0 Å². The molecule has 0 heteroatoms. The SMILES string of the molecule is C=C/C=C(\C=C/C)C(=C)c1ccccc1. The van der Waals surface area contributed by atoms with Crippen molar-refractivity contribution in [3.8, 4) is 0 Å². The van der Waals surface area contributed by atoms with E-state index in [2.05, 4.69) is 25.3 Å². The highest BCUT2D eigenvalue weighted by atomic mass is 14.0. The van der Waals surface area contributed by atoms with Gasteiger partial charge in [0, 0.05) is 0 Å². The van der Waals surface area contributed by atoms with Crippen LogP contribution in [0.2, 0.25) is 0 Å². The number of hydrogen-bond donors (Lipinski definition) is 0. The topological polar surface area (TPSA) is 0 Å². The van der Waals surface area contributed by atoms with Crippen LogP contribution in [-0.2, 0) is 0 Å². The number of allylic oxidation sites excluding steroid dienone is 6. The van der Waals surface area contributed by atoms with E-state index in [0.29, 0.717) is 0 Å². The number of rotatable bonds is 4. The van der Waals surface area contributed by atoms with Crippen LogP contribution in [0.1, 0.15) is 12.5 Å². The Kier molecular flexibility index (Phi) is 4.36. The van der Waals surface area contributed by atoms with Crippen molar-refractivity contribution in [1.29, 1.82) is 0 Å². The highest BCUT2D eigenvalue weighted by Gasteiger charge is 2.00. The van der Waals surface area contributed by atoms with E-state index >= 15 is 0 Å². The molecule has 0 unspecified atom stereocenters. The first-order valence-electron chi connectivity index (χ1n) is 4.99. The Morgan fingerprint density at radius 2 is 1.87 bits per heavy atom. The summed E-state index contributed by atoms with van der Waals surface area (Å²) in [4.78, 5) is 0. The molecule has 15 heavy (non-hydrogen) atoms. The normalized spacial score (nSPS) is 11.7. The van der Waals surface area contributed by atoms with Crippen LogP contribution in [0, 0.1) is 0 Å². The van der Waals surface area contributed by atoms with Crippen LogP contribution in [0.4, 0.5) is 0 Å². The largest absolute Gasteiger partial charge is 0.0990 e. The van der Waals surface area contributed by atoms with E-state index in [4.69, 9.17) is 0 Å². The monoisotopic (exact) mass is 196 g/mol. The zero-order chi connectivity index (χ0) is 11.1. The second kappa shape index (κ2) is 5.82. The van der Waals surface area contributed by atoms with Gasteiger partial charge < -0.3 is 0 Å². The van der Waals surface area contributed by atoms with E-state index in [1.807, 2.05) is 43.4 Å². The molecule has 0 radical (unpaired) electrons. The van der Waals surface area contributed by atoms with Crippen molar-refractivity contribution in [2.75, 3.05) is 0 Å². The molecule has 0 atom stereocenters. The van der Waals surface area contributed by atoms with Gasteiger partial charge in [0.25, 0.3) is 0 Å². The zero-order valence-electron chi connectivity index (χ0n) is 9.11. The van der Waals surface area contributed by atoms with Crippen LogP contribution >= 0.6 is 0 Å². The Balaban J connectivity index is 3.02. The summed E-state index contributed by atoms with van der Waals surface area (Å²) in [6, 6.07) is 10.2. The molecule has 0 saturated heterocycles. The number of benzene rings is 1. The minimum atomic E-state index is 1.02. The van der Waals surface area contributed by atoms with Crippen molar-refractivity contribution in [3.63, 3.8) is 0 Å². The van der Waals surface area contributed by atoms with Gasteiger partial charge in [-0.3, -0.25) is 0 Å². The molecular weight excluding hydrogens is 180 g/mol. The van der Waals surface area contributed by atoms with Crippen molar-refractivity contribution in [2.45, 2.75) is 6.92 Å². The van der Waals surface area contributed by atoms with E-state index in [9.17, 15) is 0 Å². The molecule has 0 aromatic heterocycles. The van der Waals surface area contributed by atoms with Crippen LogP contribution in [0.5, 0.6) is 0 Å². The summed E-state index contributed by atoms with van der Waals surface area (Å²) in [7, 11) is 0. The van der Waals surface area contributed by atoms with E-state index in [-0.39, 0.29) is 0 Å². The molecule has 1 aromatic rings. The quantitative estimate of drug-likeness (QED) is 0.626. The maximum atomic E-state index is 4.10. The van der Waals surface area contributed by atoms with Crippen LogP contribution < -0.4 is 0 Å². The summed E-state index contributed by atoms with van der Waals surface area (Å²) >= 11 is 0. The molecule has 76 valence electrons. The van der Waals surface area contributed by atoms with E-state index in [1.165, 1.54) is 0 Å². The Morgan fingerprint density at radius 1 is 1.20 bits per heavy atom. The van der Waals surface area contributed by atoms with Crippen molar-refractivity contribution in [3.05, 3.63) is 78.9 Å². The molecule has 0 fully saturated rings. The van der Waals surface area contributed by atoms with Gasteiger partial charge in [-0.05, 0) is 23.6 Å². The summed E-state index contributed by atoms with van der Waals surface area (Å²) in [5, 5.41) is 0. The smallest absolute Gasteiger partial charge is 0.0184 e. The average molecular weight is 196 g/mol. The Bertz CT molecular complexity index is 391. The average Bonchev–Trinajstić information content (AvgIpc) is 2.29. The van der Waals surface area contributed by atoms with Crippen LogP contribution in [-0.4, -0.2) is 0 Å². The lowest BCUT2D eigenvalue weighted by Gasteiger charge is -2.06. The predicted octanol–water partition coefficient (Wildman–Crippen LogP) is 4.39. The van der Waals surface area contributed by atoms with Crippen molar-refractivity contribution in [1.82, 2.24) is 0 Å². The molecule has 0 aliphatic carbocycles. The van der Waals surface area contributed by atoms with Crippen LogP contribution in [0.3, 0.4) is 0 Å². The standard InChI is InChI=1S/C15H16/c1-4-9-14(10-5-2)13(3)15-11-7-6-8-12-15/h4-12H,1,3H2,2H3/b10-5-,14-9+. The summed E-state index contributed by atoms with van der Waals surface area (Å²) in [6.45, 7) is 9.80. The maximum Gasteiger partial charge on any atom is -0.0184 e. The Labute approximate surface area is 92.0 Å². The molecule has 0 amide bonds. The predicted molar refractivity (Wildman–Crippen MR) is 68.6 cm³/mol. The lowest BCUT2D eigenvalue weighted by Crippen LogP contribution is -1.85. The highest BCUT2D eigenvalue weighted by molar-refractivity contribution is 5.80.